The van der Waals surface area contributed by atoms with Crippen LogP contribution in [-0.4, -0.2) is 24.3 Å². The molecule has 3 rings (SSSR count). The highest BCUT2D eigenvalue weighted by Gasteiger charge is 2.25. The normalized spacial score (nSPS) is 25.2. The molecule has 1 fully saturated rings. The molecule has 0 spiro atoms. The van der Waals surface area contributed by atoms with Gasteiger partial charge in [0.1, 0.15) is 5.75 Å². The van der Waals surface area contributed by atoms with Gasteiger partial charge in [-0.25, -0.2) is 0 Å². The van der Waals surface area contributed by atoms with Crippen LogP contribution in [0.1, 0.15) is 30.1 Å². The molecule has 3 heteroatoms. The molecular weight excluding hydrogens is 202 g/mol. The lowest BCUT2D eigenvalue weighted by molar-refractivity contribution is 0.137. The van der Waals surface area contributed by atoms with Gasteiger partial charge in [0.15, 0.2) is 0 Å². The number of aliphatic hydroxyl groups excluding tert-OH is 1. The quantitative estimate of drug-likeness (QED) is 0.790. The molecule has 2 unspecified atom stereocenters. The number of benzene rings is 1. The van der Waals surface area contributed by atoms with Gasteiger partial charge in [-0.3, -0.25) is 0 Å². The van der Waals surface area contributed by atoms with Crippen molar-refractivity contribution in [2.75, 3.05) is 13.2 Å². The summed E-state index contributed by atoms with van der Waals surface area (Å²) in [5, 5.41) is 13.6. The molecule has 0 saturated carbocycles. The maximum Gasteiger partial charge on any atom is 0.122 e. The Morgan fingerprint density at radius 2 is 2.38 bits per heavy atom. The third kappa shape index (κ3) is 1.70. The van der Waals surface area contributed by atoms with Gasteiger partial charge in [0.05, 0.1) is 12.7 Å². The molecule has 0 amide bonds. The van der Waals surface area contributed by atoms with Crippen LogP contribution in [0, 0.1) is 0 Å². The third-order valence-corrected chi connectivity index (χ3v) is 3.53. The minimum atomic E-state index is -0.381. The van der Waals surface area contributed by atoms with Gasteiger partial charge in [0.25, 0.3) is 0 Å². The van der Waals surface area contributed by atoms with Gasteiger partial charge in [-0.1, -0.05) is 6.07 Å². The van der Waals surface area contributed by atoms with Gasteiger partial charge >= 0.3 is 0 Å². The zero-order valence-corrected chi connectivity index (χ0v) is 9.28. The summed E-state index contributed by atoms with van der Waals surface area (Å²) in [5.41, 5.74) is 2.25. The molecule has 0 bridgehead atoms. The number of fused-ring (bicyclic) bond motifs is 1. The smallest absolute Gasteiger partial charge is 0.122 e. The molecule has 0 aromatic heterocycles. The number of hydrogen-bond donors (Lipinski definition) is 2. The fourth-order valence-corrected chi connectivity index (χ4v) is 2.60. The average molecular weight is 219 g/mol. The number of rotatable bonds is 2. The van der Waals surface area contributed by atoms with Crippen LogP contribution < -0.4 is 10.1 Å². The second-order valence-corrected chi connectivity index (χ2v) is 4.61. The minimum absolute atomic E-state index is 0.223. The van der Waals surface area contributed by atoms with Crippen molar-refractivity contribution in [1.82, 2.24) is 5.32 Å². The Hall–Kier alpha value is -1.06. The Balaban J connectivity index is 1.83. The molecule has 16 heavy (non-hydrogen) atoms. The van der Waals surface area contributed by atoms with E-state index in [2.05, 4.69) is 11.4 Å². The van der Waals surface area contributed by atoms with Crippen LogP contribution in [0.3, 0.4) is 0 Å². The molecule has 2 aliphatic rings. The van der Waals surface area contributed by atoms with Crippen molar-refractivity contribution in [3.8, 4) is 5.75 Å². The maximum atomic E-state index is 10.2. The van der Waals surface area contributed by atoms with Gasteiger partial charge in [0.2, 0.25) is 0 Å². The summed E-state index contributed by atoms with van der Waals surface area (Å²) in [6, 6.07) is 6.28. The first kappa shape index (κ1) is 10.1. The molecule has 3 nitrogen and oxygen atoms in total. The van der Waals surface area contributed by atoms with Crippen LogP contribution in [0.25, 0.3) is 0 Å². The Kier molecular flexibility index (Phi) is 2.58. The van der Waals surface area contributed by atoms with E-state index >= 15 is 0 Å². The summed E-state index contributed by atoms with van der Waals surface area (Å²) in [5.74, 6) is 0.982. The van der Waals surface area contributed by atoms with Gasteiger partial charge in [-0.2, -0.15) is 0 Å². The van der Waals surface area contributed by atoms with Crippen LogP contribution in [0.15, 0.2) is 18.2 Å². The summed E-state index contributed by atoms with van der Waals surface area (Å²) in [6.07, 6.45) is 2.81. The molecular formula is C13H17NO2. The van der Waals surface area contributed by atoms with E-state index in [0.717, 1.165) is 43.7 Å². The second-order valence-electron chi connectivity index (χ2n) is 4.61. The first-order valence-corrected chi connectivity index (χ1v) is 6.02. The second kappa shape index (κ2) is 4.07. The van der Waals surface area contributed by atoms with Gasteiger partial charge in [-0.05, 0) is 42.6 Å². The van der Waals surface area contributed by atoms with Gasteiger partial charge < -0.3 is 15.2 Å². The Labute approximate surface area is 95.4 Å². The summed E-state index contributed by atoms with van der Waals surface area (Å²) in [6.45, 7) is 1.80. The van der Waals surface area contributed by atoms with Crippen LogP contribution in [0.5, 0.6) is 5.75 Å². The van der Waals surface area contributed by atoms with Crippen LogP contribution >= 0.6 is 0 Å². The summed E-state index contributed by atoms with van der Waals surface area (Å²) >= 11 is 0. The first-order valence-electron chi connectivity index (χ1n) is 6.02. The molecule has 1 saturated heterocycles. The number of aliphatic hydroxyl groups is 1. The molecule has 2 N–H and O–H groups in total. The monoisotopic (exact) mass is 219 g/mol. The van der Waals surface area contributed by atoms with Crippen molar-refractivity contribution in [1.29, 1.82) is 0 Å². The van der Waals surface area contributed by atoms with Crippen molar-refractivity contribution in [3.05, 3.63) is 29.3 Å². The van der Waals surface area contributed by atoms with Crippen molar-refractivity contribution in [2.24, 2.45) is 0 Å². The van der Waals surface area contributed by atoms with Gasteiger partial charge in [-0.15, -0.1) is 0 Å². The zero-order chi connectivity index (χ0) is 11.0. The Bertz CT molecular complexity index is 386. The topological polar surface area (TPSA) is 41.5 Å². The lowest BCUT2D eigenvalue weighted by atomic mass is 9.98. The van der Waals surface area contributed by atoms with Crippen LogP contribution in [0.4, 0.5) is 0 Å². The summed E-state index contributed by atoms with van der Waals surface area (Å²) in [7, 11) is 0. The molecule has 0 radical (unpaired) electrons. The fraction of sp³-hybridized carbons (Fsp3) is 0.538. The first-order chi connectivity index (χ1) is 7.84. The fourth-order valence-electron chi connectivity index (χ4n) is 2.60. The third-order valence-electron chi connectivity index (χ3n) is 3.53. The van der Waals surface area contributed by atoms with Crippen molar-refractivity contribution >= 4 is 0 Å². The molecule has 2 atom stereocenters. The van der Waals surface area contributed by atoms with E-state index in [1.807, 2.05) is 12.1 Å². The van der Waals surface area contributed by atoms with E-state index in [-0.39, 0.29) is 12.1 Å². The van der Waals surface area contributed by atoms with Crippen LogP contribution in [-0.2, 0) is 6.42 Å². The van der Waals surface area contributed by atoms with E-state index in [1.54, 1.807) is 0 Å². The Morgan fingerprint density at radius 3 is 3.19 bits per heavy atom. The average Bonchev–Trinajstić information content (AvgIpc) is 2.98. The highest BCUT2D eigenvalue weighted by molar-refractivity contribution is 5.40. The number of nitrogens with one attached hydrogen (secondary N) is 1. The SMILES string of the molecule is OC(c1ccc2c(c1)CCO2)C1CCCN1. The molecule has 2 heterocycles. The van der Waals surface area contributed by atoms with E-state index in [1.165, 1.54) is 5.56 Å². The lowest BCUT2D eigenvalue weighted by Crippen LogP contribution is -2.28. The Morgan fingerprint density at radius 1 is 1.44 bits per heavy atom. The van der Waals surface area contributed by atoms with Crippen molar-refractivity contribution < 1.29 is 9.84 Å². The molecule has 1 aromatic rings. The van der Waals surface area contributed by atoms with Crippen LogP contribution in [0.2, 0.25) is 0 Å². The predicted molar refractivity (Wildman–Crippen MR) is 61.6 cm³/mol. The van der Waals surface area contributed by atoms with Crippen molar-refractivity contribution in [2.45, 2.75) is 31.4 Å². The largest absolute Gasteiger partial charge is 0.493 e. The molecule has 1 aromatic carbocycles. The van der Waals surface area contributed by atoms with E-state index in [4.69, 9.17) is 4.74 Å². The highest BCUT2D eigenvalue weighted by Crippen LogP contribution is 2.30. The molecule has 2 aliphatic heterocycles. The highest BCUT2D eigenvalue weighted by atomic mass is 16.5. The minimum Gasteiger partial charge on any atom is -0.493 e. The summed E-state index contributed by atoms with van der Waals surface area (Å²) in [4.78, 5) is 0. The molecule has 86 valence electrons. The lowest BCUT2D eigenvalue weighted by Gasteiger charge is -2.19. The van der Waals surface area contributed by atoms with Gasteiger partial charge in [0, 0.05) is 12.5 Å². The maximum absolute atomic E-state index is 10.2. The van der Waals surface area contributed by atoms with E-state index in [9.17, 15) is 5.11 Å². The summed E-state index contributed by atoms with van der Waals surface area (Å²) < 4.78 is 5.46. The van der Waals surface area contributed by atoms with E-state index < -0.39 is 0 Å². The predicted octanol–water partition coefficient (Wildman–Crippen LogP) is 1.41. The number of hydrogen-bond acceptors (Lipinski definition) is 3. The zero-order valence-electron chi connectivity index (χ0n) is 9.28. The van der Waals surface area contributed by atoms with Crippen molar-refractivity contribution in [3.63, 3.8) is 0 Å². The standard InChI is InChI=1S/C13H17NO2/c15-13(11-2-1-6-14-11)10-3-4-12-9(8-10)5-7-16-12/h3-4,8,11,13-15H,1-2,5-7H2. The molecule has 0 aliphatic carbocycles. The van der Waals surface area contributed by atoms with E-state index in [0.29, 0.717) is 0 Å². The number of ether oxygens (including phenoxy) is 1.